The van der Waals surface area contributed by atoms with E-state index < -0.39 is 0 Å². The Kier molecular flexibility index (Phi) is 5.59. The largest absolute Gasteiger partial charge is 0.496 e. The lowest BCUT2D eigenvalue weighted by Crippen LogP contribution is -1.97. The van der Waals surface area contributed by atoms with Crippen LogP contribution in [0.3, 0.4) is 0 Å². The first-order chi connectivity index (χ1) is 11.2. The molecule has 0 saturated carbocycles. The van der Waals surface area contributed by atoms with Gasteiger partial charge in [-0.25, -0.2) is 0 Å². The highest BCUT2D eigenvalue weighted by Crippen LogP contribution is 2.30. The maximum Gasteiger partial charge on any atom is 0.143 e. The number of nitrogens with zero attached hydrogens (tertiary/aromatic N) is 2. The highest BCUT2D eigenvalue weighted by Gasteiger charge is 2.09. The molecule has 0 radical (unpaired) electrons. The van der Waals surface area contributed by atoms with Crippen LogP contribution in [0.5, 0.6) is 11.5 Å². The first kappa shape index (κ1) is 16.4. The summed E-state index contributed by atoms with van der Waals surface area (Å²) in [6, 6.07) is 13.1. The fourth-order valence-electron chi connectivity index (χ4n) is 2.24. The predicted octanol–water partition coefficient (Wildman–Crippen LogP) is 3.43. The molecule has 0 aliphatic heterocycles. The maximum absolute atomic E-state index is 9.03. The van der Waals surface area contributed by atoms with E-state index in [-0.39, 0.29) is 6.61 Å². The highest BCUT2D eigenvalue weighted by molar-refractivity contribution is 5.84. The summed E-state index contributed by atoms with van der Waals surface area (Å²) in [7, 11) is 3.22. The molecule has 23 heavy (non-hydrogen) atoms. The van der Waals surface area contributed by atoms with Gasteiger partial charge in [0.2, 0.25) is 0 Å². The minimum Gasteiger partial charge on any atom is -0.496 e. The van der Waals surface area contributed by atoms with Crippen molar-refractivity contribution in [2.24, 2.45) is 5.16 Å². The smallest absolute Gasteiger partial charge is 0.143 e. The Hall–Kier alpha value is -3.00. The SMILES string of the molecule is COc1ccc(/C=N\OCc2ccccc2C#N)c(OC)c1C. The van der Waals surface area contributed by atoms with Gasteiger partial charge in [-0.15, -0.1) is 0 Å². The molecule has 2 aromatic carbocycles. The lowest BCUT2D eigenvalue weighted by molar-refractivity contribution is 0.132. The Morgan fingerprint density at radius 2 is 1.91 bits per heavy atom. The molecule has 2 aromatic rings. The number of oxime groups is 1. The Balaban J connectivity index is 2.09. The number of rotatable bonds is 6. The fraction of sp³-hybridized carbons (Fsp3) is 0.222. The average Bonchev–Trinajstić information content (AvgIpc) is 2.59. The number of methoxy groups -OCH3 is 2. The molecule has 5 nitrogen and oxygen atoms in total. The molecule has 0 fully saturated rings. The molecule has 0 spiro atoms. The van der Waals surface area contributed by atoms with Crippen LogP contribution in [0.25, 0.3) is 0 Å². The average molecular weight is 310 g/mol. The monoisotopic (exact) mass is 310 g/mol. The molecule has 0 bridgehead atoms. The minimum atomic E-state index is 0.234. The van der Waals surface area contributed by atoms with E-state index in [2.05, 4.69) is 11.2 Å². The van der Waals surface area contributed by atoms with Crippen molar-refractivity contribution < 1.29 is 14.3 Å². The standard InChI is InChI=1S/C18H18N2O3/c1-13-17(21-2)9-8-15(18(13)22-3)11-20-23-12-16-7-5-4-6-14(16)10-19/h4-9,11H,12H2,1-3H3/b20-11-. The number of benzene rings is 2. The Bertz CT molecular complexity index is 748. The van der Waals surface area contributed by atoms with Crippen LogP contribution < -0.4 is 9.47 Å². The third kappa shape index (κ3) is 3.80. The molecule has 0 unspecified atom stereocenters. The summed E-state index contributed by atoms with van der Waals surface area (Å²) in [5.41, 5.74) is 3.07. The Morgan fingerprint density at radius 3 is 2.61 bits per heavy atom. The molecule has 0 aliphatic rings. The minimum absolute atomic E-state index is 0.234. The topological polar surface area (TPSA) is 63.8 Å². The lowest BCUT2D eigenvalue weighted by atomic mass is 10.1. The van der Waals surface area contributed by atoms with E-state index in [1.54, 1.807) is 26.5 Å². The fourth-order valence-corrected chi connectivity index (χ4v) is 2.24. The van der Waals surface area contributed by atoms with Crippen LogP contribution in [0.1, 0.15) is 22.3 Å². The third-order valence-corrected chi connectivity index (χ3v) is 3.43. The summed E-state index contributed by atoms with van der Waals surface area (Å²) in [4.78, 5) is 5.29. The van der Waals surface area contributed by atoms with E-state index in [0.29, 0.717) is 11.3 Å². The zero-order valence-corrected chi connectivity index (χ0v) is 13.4. The van der Waals surface area contributed by atoms with Crippen LogP contribution in [-0.4, -0.2) is 20.4 Å². The van der Waals surface area contributed by atoms with E-state index in [0.717, 1.165) is 22.4 Å². The maximum atomic E-state index is 9.03. The van der Waals surface area contributed by atoms with Crippen LogP contribution in [0.4, 0.5) is 0 Å². The summed E-state index contributed by atoms with van der Waals surface area (Å²) in [5.74, 6) is 1.44. The Morgan fingerprint density at radius 1 is 1.13 bits per heavy atom. The van der Waals surface area contributed by atoms with Crippen molar-refractivity contribution in [1.29, 1.82) is 5.26 Å². The summed E-state index contributed by atoms with van der Waals surface area (Å²) in [6.07, 6.45) is 1.58. The highest BCUT2D eigenvalue weighted by atomic mass is 16.6. The molecule has 0 amide bonds. The van der Waals surface area contributed by atoms with Gasteiger partial charge in [0.05, 0.1) is 32.1 Å². The van der Waals surface area contributed by atoms with Crippen LogP contribution in [0.2, 0.25) is 0 Å². The van der Waals surface area contributed by atoms with Crippen molar-refractivity contribution in [3.8, 4) is 17.6 Å². The van der Waals surface area contributed by atoms with Gasteiger partial charge in [-0.2, -0.15) is 5.26 Å². The molecule has 0 N–H and O–H groups in total. The van der Waals surface area contributed by atoms with Crippen molar-refractivity contribution in [1.82, 2.24) is 0 Å². The van der Waals surface area contributed by atoms with Crippen LogP contribution >= 0.6 is 0 Å². The summed E-state index contributed by atoms with van der Waals surface area (Å²) < 4.78 is 10.7. The zero-order chi connectivity index (χ0) is 16.7. The first-order valence-corrected chi connectivity index (χ1v) is 7.06. The van der Waals surface area contributed by atoms with Crippen LogP contribution in [0, 0.1) is 18.3 Å². The zero-order valence-electron chi connectivity index (χ0n) is 13.4. The molecule has 0 saturated heterocycles. The second kappa shape index (κ2) is 7.85. The van der Waals surface area contributed by atoms with Gasteiger partial charge < -0.3 is 14.3 Å². The number of hydrogen-bond acceptors (Lipinski definition) is 5. The van der Waals surface area contributed by atoms with Gasteiger partial charge in [-0.05, 0) is 25.1 Å². The van der Waals surface area contributed by atoms with Gasteiger partial charge in [-0.3, -0.25) is 0 Å². The van der Waals surface area contributed by atoms with Gasteiger partial charge >= 0.3 is 0 Å². The molecule has 0 heterocycles. The molecular formula is C18H18N2O3. The number of nitriles is 1. The summed E-state index contributed by atoms with van der Waals surface area (Å²) in [6.45, 7) is 2.15. The van der Waals surface area contributed by atoms with E-state index in [4.69, 9.17) is 19.6 Å². The van der Waals surface area contributed by atoms with Crippen molar-refractivity contribution in [2.45, 2.75) is 13.5 Å². The molecule has 0 atom stereocenters. The van der Waals surface area contributed by atoms with Gasteiger partial charge in [0.25, 0.3) is 0 Å². The third-order valence-electron chi connectivity index (χ3n) is 3.43. The van der Waals surface area contributed by atoms with E-state index >= 15 is 0 Å². The molecule has 0 aliphatic carbocycles. The second-order valence-corrected chi connectivity index (χ2v) is 4.79. The van der Waals surface area contributed by atoms with Crippen molar-refractivity contribution in [2.75, 3.05) is 14.2 Å². The second-order valence-electron chi connectivity index (χ2n) is 4.79. The van der Waals surface area contributed by atoms with E-state index in [1.807, 2.05) is 37.3 Å². The normalized spacial score (nSPS) is 10.3. The van der Waals surface area contributed by atoms with Gasteiger partial charge in [0.1, 0.15) is 18.1 Å². The summed E-state index contributed by atoms with van der Waals surface area (Å²) in [5, 5.41) is 13.0. The number of ether oxygens (including phenoxy) is 2. The van der Waals surface area contributed by atoms with Crippen molar-refractivity contribution in [3.05, 3.63) is 58.7 Å². The molecule has 2 rings (SSSR count). The van der Waals surface area contributed by atoms with Gasteiger partial charge in [0, 0.05) is 16.7 Å². The quantitative estimate of drug-likeness (QED) is 0.605. The number of hydrogen-bond donors (Lipinski definition) is 0. The molecule has 5 heteroatoms. The van der Waals surface area contributed by atoms with E-state index in [1.165, 1.54) is 0 Å². The van der Waals surface area contributed by atoms with Gasteiger partial charge in [-0.1, -0.05) is 23.4 Å². The molecular weight excluding hydrogens is 292 g/mol. The van der Waals surface area contributed by atoms with Crippen molar-refractivity contribution in [3.63, 3.8) is 0 Å². The van der Waals surface area contributed by atoms with E-state index in [9.17, 15) is 0 Å². The van der Waals surface area contributed by atoms with Gasteiger partial charge in [0.15, 0.2) is 0 Å². The van der Waals surface area contributed by atoms with Crippen LogP contribution in [-0.2, 0) is 11.4 Å². The predicted molar refractivity (Wildman–Crippen MR) is 87.8 cm³/mol. The molecule has 118 valence electrons. The summed E-state index contributed by atoms with van der Waals surface area (Å²) >= 11 is 0. The molecule has 0 aromatic heterocycles. The Labute approximate surface area is 135 Å². The first-order valence-electron chi connectivity index (χ1n) is 7.06. The lowest BCUT2D eigenvalue weighted by Gasteiger charge is -2.11. The van der Waals surface area contributed by atoms with Crippen molar-refractivity contribution >= 4 is 6.21 Å². The van der Waals surface area contributed by atoms with Crippen LogP contribution in [0.15, 0.2) is 41.6 Å².